The SMILES string of the molecule is CCc1ccc(CNC(=O)c2n[nH]c(CC)n2)cc1. The lowest BCUT2D eigenvalue weighted by atomic mass is 10.1. The van der Waals surface area contributed by atoms with Crippen molar-refractivity contribution in [3.8, 4) is 0 Å². The number of amides is 1. The van der Waals surface area contributed by atoms with Gasteiger partial charge in [-0.3, -0.25) is 9.89 Å². The summed E-state index contributed by atoms with van der Waals surface area (Å²) in [6.07, 6.45) is 1.75. The average Bonchev–Trinajstić information content (AvgIpc) is 2.94. The Morgan fingerprint density at radius 2 is 1.84 bits per heavy atom. The van der Waals surface area contributed by atoms with E-state index in [1.165, 1.54) is 5.56 Å². The molecule has 0 fully saturated rings. The summed E-state index contributed by atoms with van der Waals surface area (Å²) < 4.78 is 0. The highest BCUT2D eigenvalue weighted by Crippen LogP contribution is 2.05. The van der Waals surface area contributed by atoms with Crippen molar-refractivity contribution in [3.05, 3.63) is 47.0 Å². The van der Waals surface area contributed by atoms with Crippen molar-refractivity contribution in [2.24, 2.45) is 0 Å². The number of carbonyl (C=O) groups is 1. The Bertz CT molecular complexity index is 545. The summed E-state index contributed by atoms with van der Waals surface area (Å²) in [6.45, 7) is 4.56. The van der Waals surface area contributed by atoms with Gasteiger partial charge in [0.25, 0.3) is 5.91 Å². The second-order valence-corrected chi connectivity index (χ2v) is 4.31. The minimum absolute atomic E-state index is 0.196. The van der Waals surface area contributed by atoms with Crippen LogP contribution in [0, 0.1) is 0 Å². The number of aromatic amines is 1. The van der Waals surface area contributed by atoms with Gasteiger partial charge in [-0.1, -0.05) is 38.1 Å². The van der Waals surface area contributed by atoms with Gasteiger partial charge in [-0.05, 0) is 17.5 Å². The van der Waals surface area contributed by atoms with Gasteiger partial charge in [-0.25, -0.2) is 4.98 Å². The van der Waals surface area contributed by atoms with Crippen LogP contribution in [0.25, 0.3) is 0 Å². The Morgan fingerprint density at radius 1 is 1.16 bits per heavy atom. The Morgan fingerprint density at radius 3 is 2.42 bits per heavy atom. The van der Waals surface area contributed by atoms with Crippen molar-refractivity contribution in [2.45, 2.75) is 33.2 Å². The number of carbonyl (C=O) groups excluding carboxylic acids is 1. The Kier molecular flexibility index (Phi) is 4.28. The Hall–Kier alpha value is -2.17. The fraction of sp³-hybridized carbons (Fsp3) is 0.357. The molecule has 0 aliphatic carbocycles. The van der Waals surface area contributed by atoms with Gasteiger partial charge in [0.05, 0.1) is 0 Å². The molecule has 2 N–H and O–H groups in total. The quantitative estimate of drug-likeness (QED) is 0.860. The highest BCUT2D eigenvalue weighted by molar-refractivity contribution is 5.90. The summed E-state index contributed by atoms with van der Waals surface area (Å²) in [5.41, 5.74) is 2.36. The number of nitrogens with zero attached hydrogens (tertiary/aromatic N) is 2. The molecular weight excluding hydrogens is 240 g/mol. The molecule has 0 aliphatic heterocycles. The molecule has 0 radical (unpaired) electrons. The molecule has 100 valence electrons. The standard InChI is InChI=1S/C14H18N4O/c1-3-10-5-7-11(8-6-10)9-15-14(19)13-16-12(4-2)17-18-13/h5-8H,3-4,9H2,1-2H3,(H,15,19)(H,16,17,18). The summed E-state index contributed by atoms with van der Waals surface area (Å²) in [4.78, 5) is 15.9. The molecule has 2 aromatic rings. The molecule has 0 saturated carbocycles. The van der Waals surface area contributed by atoms with E-state index in [1.54, 1.807) is 0 Å². The van der Waals surface area contributed by atoms with Crippen LogP contribution in [0.1, 0.15) is 41.4 Å². The molecule has 0 aliphatic rings. The van der Waals surface area contributed by atoms with Crippen LogP contribution < -0.4 is 5.32 Å². The van der Waals surface area contributed by atoms with Crippen molar-refractivity contribution in [1.82, 2.24) is 20.5 Å². The Labute approximate surface area is 112 Å². The van der Waals surface area contributed by atoms with Gasteiger partial charge in [0.2, 0.25) is 5.82 Å². The van der Waals surface area contributed by atoms with Crippen LogP contribution in [0.15, 0.2) is 24.3 Å². The highest BCUT2D eigenvalue weighted by Gasteiger charge is 2.11. The number of aromatic nitrogens is 3. The molecule has 1 aromatic carbocycles. The van der Waals surface area contributed by atoms with Crippen LogP contribution in [0.4, 0.5) is 0 Å². The van der Waals surface area contributed by atoms with E-state index < -0.39 is 0 Å². The zero-order valence-corrected chi connectivity index (χ0v) is 11.2. The first-order valence-corrected chi connectivity index (χ1v) is 6.50. The number of rotatable bonds is 5. The maximum Gasteiger partial charge on any atom is 0.291 e. The topological polar surface area (TPSA) is 70.7 Å². The number of hydrogen-bond donors (Lipinski definition) is 2. The van der Waals surface area contributed by atoms with Crippen LogP contribution in [-0.2, 0) is 19.4 Å². The zero-order chi connectivity index (χ0) is 13.7. The monoisotopic (exact) mass is 258 g/mol. The lowest BCUT2D eigenvalue weighted by Gasteiger charge is -2.04. The largest absolute Gasteiger partial charge is 0.345 e. The summed E-state index contributed by atoms with van der Waals surface area (Å²) in [5.74, 6) is 0.662. The fourth-order valence-electron chi connectivity index (χ4n) is 1.71. The van der Waals surface area contributed by atoms with Crippen LogP contribution in [0.5, 0.6) is 0 Å². The highest BCUT2D eigenvalue weighted by atomic mass is 16.2. The number of hydrogen-bond acceptors (Lipinski definition) is 3. The molecule has 0 atom stereocenters. The number of nitrogens with one attached hydrogen (secondary N) is 2. The second kappa shape index (κ2) is 6.13. The first kappa shape index (κ1) is 13.3. The Balaban J connectivity index is 1.92. The van der Waals surface area contributed by atoms with Crippen molar-refractivity contribution in [2.75, 3.05) is 0 Å². The lowest BCUT2D eigenvalue weighted by Crippen LogP contribution is -2.24. The van der Waals surface area contributed by atoms with E-state index >= 15 is 0 Å². The molecule has 2 rings (SSSR count). The van der Waals surface area contributed by atoms with E-state index in [1.807, 2.05) is 19.1 Å². The van der Waals surface area contributed by atoms with Crippen molar-refractivity contribution in [1.29, 1.82) is 0 Å². The lowest BCUT2D eigenvalue weighted by molar-refractivity contribution is 0.0941. The van der Waals surface area contributed by atoms with E-state index in [0.29, 0.717) is 6.54 Å². The predicted molar refractivity (Wildman–Crippen MR) is 72.8 cm³/mol. The van der Waals surface area contributed by atoms with Crippen LogP contribution in [-0.4, -0.2) is 21.1 Å². The fourth-order valence-corrected chi connectivity index (χ4v) is 1.71. The van der Waals surface area contributed by atoms with Crippen LogP contribution >= 0.6 is 0 Å². The summed E-state index contributed by atoms with van der Waals surface area (Å²) in [5, 5.41) is 9.41. The molecular formula is C14H18N4O. The second-order valence-electron chi connectivity index (χ2n) is 4.31. The maximum absolute atomic E-state index is 11.8. The van der Waals surface area contributed by atoms with E-state index in [-0.39, 0.29) is 11.7 Å². The van der Waals surface area contributed by atoms with Gasteiger partial charge in [-0.15, -0.1) is 5.10 Å². The molecule has 0 saturated heterocycles. The van der Waals surface area contributed by atoms with Gasteiger partial charge in [0, 0.05) is 13.0 Å². The number of aryl methyl sites for hydroxylation is 2. The summed E-state index contributed by atoms with van der Waals surface area (Å²) in [7, 11) is 0. The van der Waals surface area contributed by atoms with Gasteiger partial charge in [0.1, 0.15) is 5.82 Å². The molecule has 0 spiro atoms. The first-order chi connectivity index (χ1) is 9.22. The first-order valence-electron chi connectivity index (χ1n) is 6.50. The predicted octanol–water partition coefficient (Wildman–Crippen LogP) is 1.86. The summed E-state index contributed by atoms with van der Waals surface area (Å²) in [6, 6.07) is 8.19. The van der Waals surface area contributed by atoms with Crippen molar-refractivity contribution >= 4 is 5.91 Å². The molecule has 1 heterocycles. The molecule has 0 bridgehead atoms. The van der Waals surface area contributed by atoms with Crippen molar-refractivity contribution in [3.63, 3.8) is 0 Å². The number of H-pyrrole nitrogens is 1. The minimum atomic E-state index is -0.254. The molecule has 5 nitrogen and oxygen atoms in total. The van der Waals surface area contributed by atoms with E-state index in [9.17, 15) is 4.79 Å². The average molecular weight is 258 g/mol. The maximum atomic E-state index is 11.8. The van der Waals surface area contributed by atoms with Gasteiger partial charge in [0.15, 0.2) is 0 Å². The summed E-state index contributed by atoms with van der Waals surface area (Å²) >= 11 is 0. The molecule has 5 heteroatoms. The van der Waals surface area contributed by atoms with E-state index in [0.717, 1.165) is 24.2 Å². The number of benzene rings is 1. The van der Waals surface area contributed by atoms with E-state index in [4.69, 9.17) is 0 Å². The van der Waals surface area contributed by atoms with Crippen LogP contribution in [0.3, 0.4) is 0 Å². The molecule has 1 amide bonds. The zero-order valence-electron chi connectivity index (χ0n) is 11.2. The minimum Gasteiger partial charge on any atom is -0.345 e. The third kappa shape index (κ3) is 3.40. The third-order valence-corrected chi connectivity index (χ3v) is 2.95. The van der Waals surface area contributed by atoms with Gasteiger partial charge in [-0.2, -0.15) is 0 Å². The molecule has 0 unspecified atom stereocenters. The molecule has 1 aromatic heterocycles. The van der Waals surface area contributed by atoms with E-state index in [2.05, 4.69) is 39.6 Å². The smallest absolute Gasteiger partial charge is 0.291 e. The van der Waals surface area contributed by atoms with Gasteiger partial charge < -0.3 is 5.32 Å². The van der Waals surface area contributed by atoms with Gasteiger partial charge >= 0.3 is 0 Å². The molecule has 19 heavy (non-hydrogen) atoms. The third-order valence-electron chi connectivity index (χ3n) is 2.95. The normalized spacial score (nSPS) is 10.4. The van der Waals surface area contributed by atoms with Crippen LogP contribution in [0.2, 0.25) is 0 Å². The van der Waals surface area contributed by atoms with Crippen molar-refractivity contribution < 1.29 is 4.79 Å².